The van der Waals surface area contributed by atoms with E-state index in [2.05, 4.69) is 13.2 Å². The van der Waals surface area contributed by atoms with Crippen LogP contribution in [-0.4, -0.2) is 17.2 Å². The van der Waals surface area contributed by atoms with E-state index in [0.29, 0.717) is 11.8 Å². The van der Waals surface area contributed by atoms with Crippen LogP contribution in [0, 0.1) is 0 Å². The fourth-order valence-corrected chi connectivity index (χ4v) is 1.80. The molecule has 92 valence electrons. The molecule has 0 aliphatic carbocycles. The third kappa shape index (κ3) is 12.2. The van der Waals surface area contributed by atoms with Gasteiger partial charge in [-0.1, -0.05) is 51.9 Å². The van der Waals surface area contributed by atoms with E-state index in [4.69, 9.17) is 17.0 Å². The zero-order valence-electron chi connectivity index (χ0n) is 10.2. The highest BCUT2D eigenvalue weighted by atomic mass is 32.2. The Bertz CT molecular complexity index is 149. The molecule has 3 heteroatoms. The van der Waals surface area contributed by atoms with Crippen molar-refractivity contribution in [3.8, 4) is 0 Å². The lowest BCUT2D eigenvalue weighted by Gasteiger charge is -2.05. The van der Waals surface area contributed by atoms with Gasteiger partial charge in [0.15, 0.2) is 4.38 Å². The number of thiocarbonyl (C=S) groups is 1. The molecule has 0 spiro atoms. The maximum absolute atomic E-state index is 5.38. The largest absolute Gasteiger partial charge is 0.480 e. The molecular formula is C12H26OS2. The number of rotatable bonds is 9. The Labute approximate surface area is 104 Å². The van der Waals surface area contributed by atoms with Gasteiger partial charge in [0, 0.05) is 0 Å². The molecule has 0 N–H and O–H groups in total. The second kappa shape index (κ2) is 12.3. The molecule has 0 aliphatic rings. The summed E-state index contributed by atoms with van der Waals surface area (Å²) in [6, 6.07) is 0. The summed E-state index contributed by atoms with van der Waals surface area (Å²) in [5.74, 6) is 0. The third-order valence-electron chi connectivity index (χ3n) is 2.44. The second-order valence-electron chi connectivity index (χ2n) is 3.86. The molecular weight excluding hydrogens is 224 g/mol. The van der Waals surface area contributed by atoms with Gasteiger partial charge in [0.05, 0.1) is 6.61 Å². The summed E-state index contributed by atoms with van der Waals surface area (Å²) in [5.41, 5.74) is 0. The van der Waals surface area contributed by atoms with Gasteiger partial charge in [-0.2, -0.15) is 11.8 Å². The van der Waals surface area contributed by atoms with Crippen LogP contribution in [0.4, 0.5) is 0 Å². The third-order valence-corrected chi connectivity index (χ3v) is 3.72. The van der Waals surface area contributed by atoms with Gasteiger partial charge in [0.25, 0.3) is 0 Å². The molecule has 0 aromatic carbocycles. The van der Waals surface area contributed by atoms with E-state index < -0.39 is 0 Å². The Hall–Kier alpha value is 0.240. The Morgan fingerprint density at radius 1 is 1.00 bits per heavy atom. The summed E-state index contributed by atoms with van der Waals surface area (Å²) >= 11 is 5.65. The van der Waals surface area contributed by atoms with Crippen molar-refractivity contribution in [1.29, 1.82) is 0 Å². The van der Waals surface area contributed by atoms with Crippen LogP contribution >= 0.6 is 24.0 Å². The van der Waals surface area contributed by atoms with E-state index in [0.717, 1.165) is 11.0 Å². The summed E-state index contributed by atoms with van der Waals surface area (Å²) in [4.78, 5) is 0. The van der Waals surface area contributed by atoms with Gasteiger partial charge in [-0.05, 0) is 24.9 Å². The van der Waals surface area contributed by atoms with E-state index in [1.54, 1.807) is 0 Å². The van der Waals surface area contributed by atoms with E-state index in [1.807, 2.05) is 0 Å². The Kier molecular flexibility index (Phi) is 12.5. The topological polar surface area (TPSA) is 9.23 Å². The highest BCUT2D eigenvalue weighted by Crippen LogP contribution is 2.09. The molecule has 0 aromatic heterocycles. The number of hydrogen-bond acceptors (Lipinski definition) is 2. The van der Waals surface area contributed by atoms with Crippen molar-refractivity contribution in [2.75, 3.05) is 12.9 Å². The van der Waals surface area contributed by atoms with Gasteiger partial charge in [-0.25, -0.2) is 0 Å². The first-order valence-corrected chi connectivity index (χ1v) is 8.06. The molecule has 0 aliphatic heterocycles. The summed E-state index contributed by atoms with van der Waals surface area (Å²) in [6.07, 6.45) is 12.8. The maximum atomic E-state index is 5.38. The van der Waals surface area contributed by atoms with E-state index in [9.17, 15) is 0 Å². The standard InChI is InChI=1S/C12H26OS2/c1-3-4-5-6-7-8-9-10-11-13-12(14)15-2/h3-11,15H2,1-2H3. The minimum Gasteiger partial charge on any atom is -0.480 e. The smallest absolute Gasteiger partial charge is 0.196 e. The fraction of sp³-hybridized carbons (Fsp3) is 0.917. The first-order chi connectivity index (χ1) is 7.31. The number of ether oxygens (including phenoxy) is 1. The lowest BCUT2D eigenvalue weighted by atomic mass is 10.1. The molecule has 0 heterocycles. The minimum atomic E-state index is 0.653. The summed E-state index contributed by atoms with van der Waals surface area (Å²) in [5, 5.41) is 0. The van der Waals surface area contributed by atoms with Crippen LogP contribution in [0.5, 0.6) is 0 Å². The SMILES string of the molecule is CCCCCCCCCCOC(=S)[SH2]C. The molecule has 0 aromatic rings. The van der Waals surface area contributed by atoms with E-state index in [1.165, 1.54) is 51.4 Å². The number of hydrogen-bond donors (Lipinski definition) is 0. The molecule has 1 nitrogen and oxygen atoms in total. The molecule has 0 amide bonds. The van der Waals surface area contributed by atoms with Crippen molar-refractivity contribution in [2.24, 2.45) is 0 Å². The highest BCUT2D eigenvalue weighted by molar-refractivity contribution is 8.22. The fourth-order valence-electron chi connectivity index (χ4n) is 1.47. The molecule has 0 bridgehead atoms. The van der Waals surface area contributed by atoms with Crippen molar-refractivity contribution in [3.05, 3.63) is 0 Å². The van der Waals surface area contributed by atoms with Gasteiger partial charge in [-0.15, -0.1) is 0 Å². The monoisotopic (exact) mass is 250 g/mol. The maximum Gasteiger partial charge on any atom is 0.196 e. The molecule has 0 atom stereocenters. The number of unbranched alkanes of at least 4 members (excludes halogenated alkanes) is 7. The van der Waals surface area contributed by atoms with Crippen LogP contribution in [-0.2, 0) is 4.74 Å². The van der Waals surface area contributed by atoms with Crippen molar-refractivity contribution < 1.29 is 4.74 Å². The van der Waals surface area contributed by atoms with Gasteiger partial charge in [-0.3, -0.25) is 0 Å². The quantitative estimate of drug-likeness (QED) is 0.447. The van der Waals surface area contributed by atoms with Crippen LogP contribution in [0.3, 0.4) is 0 Å². The van der Waals surface area contributed by atoms with Crippen LogP contribution in [0.15, 0.2) is 0 Å². The Morgan fingerprint density at radius 3 is 2.07 bits per heavy atom. The van der Waals surface area contributed by atoms with Crippen LogP contribution in [0.25, 0.3) is 0 Å². The Balaban J connectivity index is 2.95. The lowest BCUT2D eigenvalue weighted by Crippen LogP contribution is -1.98. The first-order valence-electron chi connectivity index (χ1n) is 6.15. The molecule has 0 saturated carbocycles. The minimum absolute atomic E-state index is 0.653. The molecule has 15 heavy (non-hydrogen) atoms. The summed E-state index contributed by atoms with van der Waals surface area (Å²) in [7, 11) is 0. The zero-order valence-corrected chi connectivity index (χ0v) is 12.0. The van der Waals surface area contributed by atoms with Crippen molar-refractivity contribution in [2.45, 2.75) is 58.3 Å². The van der Waals surface area contributed by atoms with E-state index in [-0.39, 0.29) is 0 Å². The van der Waals surface area contributed by atoms with Gasteiger partial charge in [0.2, 0.25) is 0 Å². The van der Waals surface area contributed by atoms with Gasteiger partial charge in [0.1, 0.15) is 0 Å². The second-order valence-corrected chi connectivity index (χ2v) is 5.55. The predicted octanol–water partition coefficient (Wildman–Crippen LogP) is 4.26. The molecule has 0 radical (unpaired) electrons. The normalized spacial score (nSPS) is 11.6. The molecule has 0 saturated heterocycles. The van der Waals surface area contributed by atoms with Crippen LogP contribution < -0.4 is 0 Å². The molecule has 0 unspecified atom stereocenters. The highest BCUT2D eigenvalue weighted by Gasteiger charge is 1.93. The lowest BCUT2D eigenvalue weighted by molar-refractivity contribution is 0.308. The van der Waals surface area contributed by atoms with Gasteiger partial charge < -0.3 is 4.74 Å². The zero-order chi connectivity index (χ0) is 11.4. The average Bonchev–Trinajstić information content (AvgIpc) is 2.26. The summed E-state index contributed by atoms with van der Waals surface area (Å²) < 4.78 is 6.17. The van der Waals surface area contributed by atoms with Crippen molar-refractivity contribution in [3.63, 3.8) is 0 Å². The predicted molar refractivity (Wildman–Crippen MR) is 77.5 cm³/mol. The molecule has 0 fully saturated rings. The van der Waals surface area contributed by atoms with Crippen LogP contribution in [0.1, 0.15) is 58.3 Å². The van der Waals surface area contributed by atoms with Crippen LogP contribution in [0.2, 0.25) is 0 Å². The Morgan fingerprint density at radius 2 is 1.53 bits per heavy atom. The average molecular weight is 250 g/mol. The van der Waals surface area contributed by atoms with Crippen molar-refractivity contribution >= 4 is 28.4 Å². The van der Waals surface area contributed by atoms with Gasteiger partial charge >= 0.3 is 0 Å². The first kappa shape index (κ1) is 15.2. The summed E-state index contributed by atoms with van der Waals surface area (Å²) in [6.45, 7) is 3.09. The van der Waals surface area contributed by atoms with Crippen molar-refractivity contribution in [1.82, 2.24) is 0 Å². The van der Waals surface area contributed by atoms with E-state index >= 15 is 0 Å². The molecule has 0 rings (SSSR count).